The minimum Gasteiger partial charge on any atom is -0.461 e. The fourth-order valence-corrected chi connectivity index (χ4v) is 5.27. The topological polar surface area (TPSA) is 135 Å². The molecule has 2 aliphatic rings. The van der Waals surface area contributed by atoms with E-state index in [1.54, 1.807) is 18.7 Å². The number of ether oxygens (including phenoxy) is 3. The van der Waals surface area contributed by atoms with Gasteiger partial charge in [-0.25, -0.2) is 4.79 Å². The van der Waals surface area contributed by atoms with Crippen molar-refractivity contribution in [1.29, 1.82) is 0 Å². The number of likely N-dealkylation sites (tertiary alicyclic amines) is 1. The summed E-state index contributed by atoms with van der Waals surface area (Å²) < 4.78 is 16.0. The predicted octanol–water partition coefficient (Wildman–Crippen LogP) is 5.45. The number of hydrogen-bond donors (Lipinski definition) is 3. The Morgan fingerprint density at radius 1 is 0.745 bits per heavy atom. The van der Waals surface area contributed by atoms with Crippen LogP contribution in [0.4, 0.5) is 4.79 Å². The highest BCUT2D eigenvalue weighted by molar-refractivity contribution is 5.85. The van der Waals surface area contributed by atoms with Gasteiger partial charge in [0.25, 0.3) is 0 Å². The Labute approximate surface area is 291 Å². The van der Waals surface area contributed by atoms with Gasteiger partial charge in [-0.3, -0.25) is 9.59 Å². The standard InChI is InChI=1S/C20H29NO5.C15H21NO3.2ClH/c1-15(17(22)25-14-16-8-6-5-7-9-16)20(24)10-12-21(13-11-20)18(23)26-19(2,3)4;1-12(15(18)7-9-16-10-8-15)14(17)19-11-13-5-3-2-4-6-13;;/h5-9,15,24H,10-14H2,1-4H3;2-6,12,16,18H,7-11H2,1H3;2*1H. The number of carbonyl (C=O) groups is 3. The third-order valence-electron chi connectivity index (χ3n) is 8.52. The fourth-order valence-electron chi connectivity index (χ4n) is 5.27. The lowest BCUT2D eigenvalue weighted by atomic mass is 9.80. The molecule has 2 heterocycles. The smallest absolute Gasteiger partial charge is 0.410 e. The molecular formula is C35H52Cl2N2O8. The SMILES string of the molecule is CC(C(=O)OCc1ccccc1)C1(O)CCN(C(=O)OC(C)(C)C)CC1.CC(C(=O)OCc1ccccc1)C1(O)CCNCC1.Cl.Cl. The summed E-state index contributed by atoms with van der Waals surface area (Å²) in [7, 11) is 0. The van der Waals surface area contributed by atoms with Crippen LogP contribution in [0.1, 0.15) is 71.4 Å². The summed E-state index contributed by atoms with van der Waals surface area (Å²) >= 11 is 0. The maximum Gasteiger partial charge on any atom is 0.410 e. The second kappa shape index (κ2) is 19.2. The van der Waals surface area contributed by atoms with Crippen LogP contribution in [0.5, 0.6) is 0 Å². The molecule has 3 N–H and O–H groups in total. The van der Waals surface area contributed by atoms with Crippen molar-refractivity contribution >= 4 is 42.8 Å². The Hall–Kier alpha value is -2.89. The van der Waals surface area contributed by atoms with Crippen LogP contribution in [0.25, 0.3) is 0 Å². The van der Waals surface area contributed by atoms with Crippen LogP contribution >= 0.6 is 24.8 Å². The van der Waals surface area contributed by atoms with Crippen LogP contribution in [-0.4, -0.2) is 76.1 Å². The quantitative estimate of drug-likeness (QED) is 0.243. The molecule has 0 spiro atoms. The molecule has 4 rings (SSSR count). The van der Waals surface area contributed by atoms with Crippen LogP contribution in [0, 0.1) is 11.8 Å². The molecule has 0 bridgehead atoms. The Morgan fingerprint density at radius 2 is 1.13 bits per heavy atom. The van der Waals surface area contributed by atoms with Gasteiger partial charge in [-0.2, -0.15) is 0 Å². The molecular weight excluding hydrogens is 647 g/mol. The third-order valence-corrected chi connectivity index (χ3v) is 8.52. The van der Waals surface area contributed by atoms with E-state index in [-0.39, 0.29) is 50.1 Å². The van der Waals surface area contributed by atoms with Gasteiger partial charge in [0.2, 0.25) is 0 Å². The highest BCUT2D eigenvalue weighted by Crippen LogP contribution is 2.32. The minimum absolute atomic E-state index is 0. The van der Waals surface area contributed by atoms with E-state index in [1.165, 1.54) is 0 Å². The van der Waals surface area contributed by atoms with Crippen molar-refractivity contribution in [2.75, 3.05) is 26.2 Å². The molecule has 1 amide bonds. The number of nitrogens with one attached hydrogen (secondary N) is 1. The molecule has 12 heteroatoms. The number of halogens is 2. The average Bonchev–Trinajstić information content (AvgIpc) is 3.03. The van der Waals surface area contributed by atoms with Crippen LogP contribution in [0.3, 0.4) is 0 Å². The summed E-state index contributed by atoms with van der Waals surface area (Å²) in [5.74, 6) is -1.90. The van der Waals surface area contributed by atoms with Gasteiger partial charge in [-0.1, -0.05) is 60.7 Å². The van der Waals surface area contributed by atoms with Crippen molar-refractivity contribution in [2.24, 2.45) is 11.8 Å². The van der Waals surface area contributed by atoms with E-state index in [0.29, 0.717) is 38.8 Å². The van der Waals surface area contributed by atoms with E-state index in [1.807, 2.05) is 81.4 Å². The van der Waals surface area contributed by atoms with Crippen molar-refractivity contribution < 1.29 is 38.8 Å². The van der Waals surface area contributed by atoms with Crippen molar-refractivity contribution in [3.63, 3.8) is 0 Å². The average molecular weight is 700 g/mol. The van der Waals surface area contributed by atoms with E-state index in [2.05, 4.69) is 5.32 Å². The number of benzene rings is 2. The Kier molecular flexibility index (Phi) is 17.2. The summed E-state index contributed by atoms with van der Waals surface area (Å²) in [6, 6.07) is 19.0. The number of nitrogens with zero attached hydrogens (tertiary/aromatic N) is 1. The van der Waals surface area contributed by atoms with Crippen LogP contribution in [0.2, 0.25) is 0 Å². The predicted molar refractivity (Wildman–Crippen MR) is 184 cm³/mol. The maximum atomic E-state index is 12.3. The molecule has 2 unspecified atom stereocenters. The lowest BCUT2D eigenvalue weighted by molar-refractivity contribution is -0.163. The highest BCUT2D eigenvalue weighted by Gasteiger charge is 2.43. The number of aliphatic hydroxyl groups is 2. The van der Waals surface area contributed by atoms with Gasteiger partial charge in [0, 0.05) is 13.1 Å². The lowest BCUT2D eigenvalue weighted by Gasteiger charge is -2.40. The van der Waals surface area contributed by atoms with Crippen LogP contribution in [-0.2, 0) is 37.0 Å². The number of carbonyl (C=O) groups excluding carboxylic acids is 3. The van der Waals surface area contributed by atoms with Gasteiger partial charge in [0.05, 0.1) is 23.0 Å². The molecule has 2 fully saturated rings. The number of piperidine rings is 2. The van der Waals surface area contributed by atoms with E-state index in [9.17, 15) is 24.6 Å². The second-order valence-corrected chi connectivity index (χ2v) is 13.1. The molecule has 2 aliphatic heterocycles. The first-order chi connectivity index (χ1) is 21.2. The second-order valence-electron chi connectivity index (χ2n) is 13.1. The summed E-state index contributed by atoms with van der Waals surface area (Å²) in [5, 5.41) is 24.5. The van der Waals surface area contributed by atoms with Gasteiger partial charge in [0.1, 0.15) is 18.8 Å². The Bertz CT molecular complexity index is 1230. The monoisotopic (exact) mass is 698 g/mol. The van der Waals surface area contributed by atoms with Crippen LogP contribution in [0.15, 0.2) is 60.7 Å². The minimum atomic E-state index is -1.17. The molecule has 10 nitrogen and oxygen atoms in total. The first kappa shape index (κ1) is 42.1. The zero-order chi connectivity index (χ0) is 33.1. The van der Waals surface area contributed by atoms with Crippen LogP contribution < -0.4 is 5.32 Å². The Morgan fingerprint density at radius 3 is 1.51 bits per heavy atom. The molecule has 2 saturated heterocycles. The highest BCUT2D eigenvalue weighted by atomic mass is 35.5. The van der Waals surface area contributed by atoms with Crippen molar-refractivity contribution in [3.05, 3.63) is 71.8 Å². The summed E-state index contributed by atoms with van der Waals surface area (Å²) in [6.45, 7) is 11.5. The van der Waals surface area contributed by atoms with Crippen molar-refractivity contribution in [3.8, 4) is 0 Å². The fraction of sp³-hybridized carbons (Fsp3) is 0.571. The largest absolute Gasteiger partial charge is 0.461 e. The first-order valence-electron chi connectivity index (χ1n) is 15.8. The van der Waals surface area contributed by atoms with E-state index in [4.69, 9.17) is 14.2 Å². The van der Waals surface area contributed by atoms with Gasteiger partial charge < -0.3 is 34.6 Å². The summed E-state index contributed by atoms with van der Waals surface area (Å²) in [6.07, 6.45) is 1.42. The van der Waals surface area contributed by atoms with Gasteiger partial charge in [-0.05, 0) is 84.5 Å². The normalized spacial score (nSPS) is 18.0. The molecule has 2 aromatic rings. The molecule has 2 aromatic carbocycles. The number of hydrogen-bond acceptors (Lipinski definition) is 9. The van der Waals surface area contributed by atoms with Crippen molar-refractivity contribution in [2.45, 2.75) is 90.3 Å². The van der Waals surface area contributed by atoms with E-state index >= 15 is 0 Å². The summed E-state index contributed by atoms with van der Waals surface area (Å²) in [4.78, 5) is 38.0. The zero-order valence-electron chi connectivity index (χ0n) is 28.1. The van der Waals surface area contributed by atoms with E-state index in [0.717, 1.165) is 24.2 Å². The summed E-state index contributed by atoms with van der Waals surface area (Å²) in [5.41, 5.74) is -0.801. The van der Waals surface area contributed by atoms with Crippen molar-refractivity contribution in [1.82, 2.24) is 10.2 Å². The number of rotatable bonds is 8. The number of esters is 2. The first-order valence-corrected chi connectivity index (χ1v) is 15.8. The lowest BCUT2D eigenvalue weighted by Crippen LogP contribution is -2.52. The zero-order valence-corrected chi connectivity index (χ0v) is 29.7. The molecule has 0 aromatic heterocycles. The molecule has 47 heavy (non-hydrogen) atoms. The Balaban J connectivity index is 0.000000470. The molecule has 0 saturated carbocycles. The third kappa shape index (κ3) is 13.3. The molecule has 2 atom stereocenters. The van der Waals surface area contributed by atoms with Gasteiger partial charge in [0.15, 0.2) is 0 Å². The van der Waals surface area contributed by atoms with E-state index < -0.39 is 34.6 Å². The van der Waals surface area contributed by atoms with Gasteiger partial charge in [-0.15, -0.1) is 24.8 Å². The van der Waals surface area contributed by atoms with Gasteiger partial charge >= 0.3 is 18.0 Å². The maximum absolute atomic E-state index is 12.3. The molecule has 264 valence electrons. The molecule has 0 radical (unpaired) electrons. The molecule has 0 aliphatic carbocycles. The number of amides is 1.